The molecule has 0 radical (unpaired) electrons. The molecule has 26 heavy (non-hydrogen) atoms. The molecule has 2 aromatic rings. The fraction of sp³-hybridized carbons (Fsp3) is 0.562. The van der Waals surface area contributed by atoms with Crippen molar-refractivity contribution in [3.63, 3.8) is 0 Å². The Morgan fingerprint density at radius 3 is 2.54 bits per heavy atom. The molecule has 0 aliphatic carbocycles. The Morgan fingerprint density at radius 1 is 1.19 bits per heavy atom. The maximum absolute atomic E-state index is 12.3. The molecule has 0 bridgehead atoms. The highest BCUT2D eigenvalue weighted by atomic mass is 16.2. The number of aryl methyl sites for hydroxylation is 1. The number of carbonyl (C=O) groups excluding carboxylic acids is 1. The van der Waals surface area contributed by atoms with Gasteiger partial charge < -0.3 is 9.80 Å². The Hall–Kier alpha value is -3.09. The van der Waals surface area contributed by atoms with Gasteiger partial charge in [0.05, 0.1) is 5.69 Å². The van der Waals surface area contributed by atoms with Crippen molar-refractivity contribution in [2.45, 2.75) is 33.2 Å². The normalized spacial score (nSPS) is 14.3. The van der Waals surface area contributed by atoms with Gasteiger partial charge in [0.2, 0.25) is 5.91 Å². The lowest BCUT2D eigenvalue weighted by atomic mass is 10.0. The number of hydrogen-bond acceptors (Lipinski definition) is 8. The van der Waals surface area contributed by atoms with Gasteiger partial charge in [-0.2, -0.15) is 10.4 Å². The molecule has 2 aromatic heterocycles. The first-order valence-corrected chi connectivity index (χ1v) is 8.69. The average Bonchev–Trinajstić information content (AvgIpc) is 3.19. The number of carbonyl (C=O) groups is 1. The van der Waals surface area contributed by atoms with Crippen molar-refractivity contribution in [3.8, 4) is 6.07 Å². The number of nitrogens with zero attached hydrogens (tertiary/aromatic N) is 9. The molecule has 136 valence electrons. The second kappa shape index (κ2) is 7.86. The minimum Gasteiger partial charge on any atom is -0.350 e. The summed E-state index contributed by atoms with van der Waals surface area (Å²) in [5.41, 5.74) is 2.45. The van der Waals surface area contributed by atoms with E-state index in [1.54, 1.807) is 4.90 Å². The fourth-order valence-electron chi connectivity index (χ4n) is 3.16. The molecular formula is C16H21N9O. The van der Waals surface area contributed by atoms with Gasteiger partial charge >= 0.3 is 0 Å². The van der Waals surface area contributed by atoms with Crippen LogP contribution in [0.4, 0.5) is 5.82 Å². The zero-order valence-electron chi connectivity index (χ0n) is 15.0. The van der Waals surface area contributed by atoms with Crippen LogP contribution >= 0.6 is 0 Å². The van der Waals surface area contributed by atoms with Crippen molar-refractivity contribution in [2.75, 3.05) is 31.1 Å². The summed E-state index contributed by atoms with van der Waals surface area (Å²) in [6, 6.07) is 2.30. The molecule has 0 saturated carbocycles. The fourth-order valence-corrected chi connectivity index (χ4v) is 3.16. The highest BCUT2D eigenvalue weighted by Crippen LogP contribution is 2.24. The first-order chi connectivity index (χ1) is 12.7. The molecule has 1 saturated heterocycles. The standard InChI is InChI=1S/C16H21N9O/c1-3-12-13(9-17)16(20-19-14(12)4-2)24-7-5-23(6-8-24)15(26)10-25-11-18-21-22-25/h11H,3-8,10H2,1-2H3. The first-order valence-electron chi connectivity index (χ1n) is 8.69. The van der Waals surface area contributed by atoms with Gasteiger partial charge in [0.1, 0.15) is 24.5 Å². The minimum absolute atomic E-state index is 0.0286. The van der Waals surface area contributed by atoms with E-state index in [4.69, 9.17) is 0 Å². The zero-order valence-corrected chi connectivity index (χ0v) is 15.0. The minimum atomic E-state index is -0.0286. The molecule has 1 amide bonds. The third kappa shape index (κ3) is 3.46. The summed E-state index contributed by atoms with van der Waals surface area (Å²) in [5.74, 6) is 0.591. The van der Waals surface area contributed by atoms with E-state index < -0.39 is 0 Å². The van der Waals surface area contributed by atoms with Crippen LogP contribution in [-0.4, -0.2) is 67.4 Å². The zero-order chi connectivity index (χ0) is 18.5. The summed E-state index contributed by atoms with van der Waals surface area (Å²) < 4.78 is 1.41. The lowest BCUT2D eigenvalue weighted by Gasteiger charge is -2.35. The Balaban J connectivity index is 1.70. The molecule has 0 atom stereocenters. The summed E-state index contributed by atoms with van der Waals surface area (Å²) in [6.07, 6.45) is 2.92. The van der Waals surface area contributed by atoms with Crippen LogP contribution in [-0.2, 0) is 24.2 Å². The second-order valence-electron chi connectivity index (χ2n) is 6.02. The average molecular weight is 355 g/mol. The van der Waals surface area contributed by atoms with E-state index in [2.05, 4.69) is 31.8 Å². The Kier molecular flexibility index (Phi) is 5.36. The summed E-state index contributed by atoms with van der Waals surface area (Å²) >= 11 is 0. The van der Waals surface area contributed by atoms with Crippen LogP contribution in [0.25, 0.3) is 0 Å². The van der Waals surface area contributed by atoms with Gasteiger partial charge in [0.15, 0.2) is 5.82 Å². The molecule has 1 aliphatic rings. The summed E-state index contributed by atoms with van der Waals surface area (Å²) in [5, 5.41) is 29.0. The van der Waals surface area contributed by atoms with Crippen LogP contribution in [0.15, 0.2) is 6.33 Å². The molecule has 0 N–H and O–H groups in total. The van der Waals surface area contributed by atoms with Crippen molar-refractivity contribution < 1.29 is 4.79 Å². The summed E-state index contributed by atoms with van der Waals surface area (Å²) in [7, 11) is 0. The van der Waals surface area contributed by atoms with E-state index in [9.17, 15) is 10.1 Å². The van der Waals surface area contributed by atoms with E-state index in [1.807, 2.05) is 18.7 Å². The molecule has 10 heteroatoms. The molecular weight excluding hydrogens is 334 g/mol. The summed E-state index contributed by atoms with van der Waals surface area (Å²) in [6.45, 7) is 6.50. The number of anilines is 1. The number of piperazine rings is 1. The highest BCUT2D eigenvalue weighted by Gasteiger charge is 2.25. The Labute approximate surface area is 151 Å². The molecule has 10 nitrogen and oxygen atoms in total. The van der Waals surface area contributed by atoms with Gasteiger partial charge in [0.25, 0.3) is 0 Å². The van der Waals surface area contributed by atoms with E-state index in [0.29, 0.717) is 37.6 Å². The van der Waals surface area contributed by atoms with Crippen molar-refractivity contribution >= 4 is 11.7 Å². The second-order valence-corrected chi connectivity index (χ2v) is 6.02. The van der Waals surface area contributed by atoms with E-state index in [0.717, 1.165) is 24.1 Å². The number of hydrogen-bond donors (Lipinski definition) is 0. The third-order valence-corrected chi connectivity index (χ3v) is 4.56. The highest BCUT2D eigenvalue weighted by molar-refractivity contribution is 5.76. The predicted molar refractivity (Wildman–Crippen MR) is 92.1 cm³/mol. The number of nitriles is 1. The lowest BCUT2D eigenvalue weighted by Crippen LogP contribution is -2.50. The number of aromatic nitrogens is 6. The third-order valence-electron chi connectivity index (χ3n) is 4.56. The Bertz CT molecular complexity index is 804. The van der Waals surface area contributed by atoms with Crippen LogP contribution in [0.3, 0.4) is 0 Å². The lowest BCUT2D eigenvalue weighted by molar-refractivity contribution is -0.132. The van der Waals surface area contributed by atoms with Crippen LogP contribution in [0.1, 0.15) is 30.7 Å². The molecule has 1 aliphatic heterocycles. The molecule has 0 spiro atoms. The number of rotatable bonds is 5. The van der Waals surface area contributed by atoms with Crippen LogP contribution in [0.5, 0.6) is 0 Å². The van der Waals surface area contributed by atoms with E-state index >= 15 is 0 Å². The quantitative estimate of drug-likeness (QED) is 0.724. The monoisotopic (exact) mass is 355 g/mol. The van der Waals surface area contributed by atoms with Gasteiger partial charge in [0, 0.05) is 26.2 Å². The number of amides is 1. The van der Waals surface area contributed by atoms with Crippen molar-refractivity contribution in [2.24, 2.45) is 0 Å². The number of tetrazole rings is 1. The molecule has 3 heterocycles. The SMILES string of the molecule is CCc1nnc(N2CCN(C(=O)Cn3cnnn3)CC2)c(C#N)c1CC. The van der Waals surface area contributed by atoms with Gasteiger partial charge in [-0.05, 0) is 28.8 Å². The van der Waals surface area contributed by atoms with Crippen molar-refractivity contribution in [3.05, 3.63) is 23.1 Å². The van der Waals surface area contributed by atoms with Crippen LogP contribution < -0.4 is 4.90 Å². The first kappa shape index (κ1) is 17.7. The van der Waals surface area contributed by atoms with Crippen LogP contribution in [0.2, 0.25) is 0 Å². The van der Waals surface area contributed by atoms with Crippen molar-refractivity contribution in [1.82, 2.24) is 35.3 Å². The Morgan fingerprint density at radius 2 is 1.96 bits per heavy atom. The maximum Gasteiger partial charge on any atom is 0.244 e. The predicted octanol–water partition coefficient (Wildman–Crippen LogP) is -0.192. The van der Waals surface area contributed by atoms with Crippen molar-refractivity contribution in [1.29, 1.82) is 5.26 Å². The van der Waals surface area contributed by atoms with Gasteiger partial charge in [-0.3, -0.25) is 4.79 Å². The van der Waals surface area contributed by atoms with Crippen LogP contribution in [0, 0.1) is 11.3 Å². The van der Waals surface area contributed by atoms with Gasteiger partial charge in [-0.15, -0.1) is 10.2 Å². The molecule has 0 aromatic carbocycles. The largest absolute Gasteiger partial charge is 0.350 e. The molecule has 0 unspecified atom stereocenters. The maximum atomic E-state index is 12.3. The summed E-state index contributed by atoms with van der Waals surface area (Å²) in [4.78, 5) is 16.1. The molecule has 3 rings (SSSR count). The van der Waals surface area contributed by atoms with E-state index in [-0.39, 0.29) is 12.5 Å². The topological polar surface area (TPSA) is 117 Å². The van der Waals surface area contributed by atoms with E-state index in [1.165, 1.54) is 11.0 Å². The van der Waals surface area contributed by atoms with Gasteiger partial charge in [-0.25, -0.2) is 4.68 Å². The molecule has 1 fully saturated rings. The van der Waals surface area contributed by atoms with Gasteiger partial charge in [-0.1, -0.05) is 13.8 Å². The smallest absolute Gasteiger partial charge is 0.244 e.